The van der Waals surface area contributed by atoms with Crippen molar-refractivity contribution >= 4 is 5.69 Å². The van der Waals surface area contributed by atoms with E-state index in [1.165, 1.54) is 6.07 Å². The van der Waals surface area contributed by atoms with Gasteiger partial charge in [0.05, 0.1) is 23.3 Å². The van der Waals surface area contributed by atoms with Gasteiger partial charge in [0.15, 0.2) is 11.7 Å². The number of nitro benzene ring substituents is 1. The molecular weight excluding hydrogens is 274 g/mol. The zero-order valence-corrected chi connectivity index (χ0v) is 11.7. The molecule has 1 heterocycles. The van der Waals surface area contributed by atoms with Crippen molar-refractivity contribution in [3.63, 3.8) is 0 Å². The number of nitrogens with two attached hydrogens (primary N) is 1. The normalized spacial score (nSPS) is 10.6. The number of oxazole rings is 1. The monoisotopic (exact) mass is 291 g/mol. The summed E-state index contributed by atoms with van der Waals surface area (Å²) in [6, 6.07) is 4.71. The summed E-state index contributed by atoms with van der Waals surface area (Å²) < 4.78 is 11.0. The number of para-hydroxylation sites is 1. The second-order valence-electron chi connectivity index (χ2n) is 4.35. The molecule has 0 spiro atoms. The van der Waals surface area contributed by atoms with Crippen molar-refractivity contribution in [3.8, 4) is 17.1 Å². The van der Waals surface area contributed by atoms with Crippen LogP contribution < -0.4 is 10.5 Å². The van der Waals surface area contributed by atoms with E-state index < -0.39 is 4.92 Å². The second kappa shape index (κ2) is 6.85. The molecule has 21 heavy (non-hydrogen) atoms. The third-order valence-electron chi connectivity index (χ3n) is 2.89. The van der Waals surface area contributed by atoms with Crippen LogP contribution in [-0.4, -0.2) is 23.1 Å². The maximum Gasteiger partial charge on any atom is 0.311 e. The Bertz CT molecular complexity index is 624. The molecule has 0 fully saturated rings. The molecule has 0 aliphatic carbocycles. The summed E-state index contributed by atoms with van der Waals surface area (Å²) in [6.45, 7) is 2.65. The molecule has 0 bridgehead atoms. The first-order chi connectivity index (χ1) is 10.2. The van der Waals surface area contributed by atoms with Gasteiger partial charge < -0.3 is 14.9 Å². The Labute approximate surface area is 121 Å². The molecule has 2 rings (SSSR count). The zero-order chi connectivity index (χ0) is 15.2. The van der Waals surface area contributed by atoms with Gasteiger partial charge in [-0.15, -0.1) is 0 Å². The van der Waals surface area contributed by atoms with E-state index in [0.29, 0.717) is 36.8 Å². The highest BCUT2D eigenvalue weighted by atomic mass is 16.6. The highest BCUT2D eigenvalue weighted by molar-refractivity contribution is 5.71. The minimum absolute atomic E-state index is 0.0886. The van der Waals surface area contributed by atoms with Crippen LogP contribution in [0.2, 0.25) is 0 Å². The molecule has 0 atom stereocenters. The Kier molecular flexibility index (Phi) is 4.89. The average molecular weight is 291 g/mol. The number of nitro groups is 1. The predicted octanol–water partition coefficient (Wildman–Crippen LogP) is 2.54. The van der Waals surface area contributed by atoms with Crippen molar-refractivity contribution in [1.82, 2.24) is 4.98 Å². The molecule has 0 saturated carbocycles. The van der Waals surface area contributed by atoms with E-state index in [1.807, 2.05) is 0 Å². The number of aromatic nitrogens is 1. The van der Waals surface area contributed by atoms with Crippen molar-refractivity contribution in [3.05, 3.63) is 40.4 Å². The van der Waals surface area contributed by atoms with Gasteiger partial charge in [0.2, 0.25) is 5.75 Å². The van der Waals surface area contributed by atoms with Crippen LogP contribution in [0, 0.1) is 10.1 Å². The lowest BCUT2D eigenvalue weighted by Gasteiger charge is -2.08. The average Bonchev–Trinajstić information content (AvgIpc) is 2.94. The van der Waals surface area contributed by atoms with E-state index in [-0.39, 0.29) is 11.4 Å². The second-order valence-corrected chi connectivity index (χ2v) is 4.35. The van der Waals surface area contributed by atoms with Crippen LogP contribution in [0.4, 0.5) is 5.69 Å². The maximum absolute atomic E-state index is 11.1. The summed E-state index contributed by atoms with van der Waals surface area (Å²) in [4.78, 5) is 14.8. The molecule has 112 valence electrons. The van der Waals surface area contributed by atoms with Gasteiger partial charge in [0, 0.05) is 12.5 Å². The van der Waals surface area contributed by atoms with Crippen LogP contribution in [-0.2, 0) is 6.42 Å². The first-order valence-electron chi connectivity index (χ1n) is 6.72. The molecule has 2 N–H and O–H groups in total. The molecule has 1 aromatic carbocycles. The van der Waals surface area contributed by atoms with Crippen molar-refractivity contribution in [2.24, 2.45) is 5.73 Å². The molecule has 1 aromatic heterocycles. The van der Waals surface area contributed by atoms with E-state index in [4.69, 9.17) is 14.9 Å². The lowest BCUT2D eigenvalue weighted by Crippen LogP contribution is -2.00. The van der Waals surface area contributed by atoms with Gasteiger partial charge >= 0.3 is 5.69 Å². The van der Waals surface area contributed by atoms with Gasteiger partial charge in [-0.05, 0) is 26.0 Å². The molecular formula is C14H17N3O4. The molecule has 2 aromatic rings. The first kappa shape index (κ1) is 15.0. The molecule has 0 unspecified atom stereocenters. The van der Waals surface area contributed by atoms with Crippen molar-refractivity contribution in [2.45, 2.75) is 19.8 Å². The standard InChI is InChI=1S/C14H17N3O4/c1-2-20-14-10(5-3-6-11(14)17(18)19)12-9-16-13(21-12)7-4-8-15/h3,5-6,9H,2,4,7-8,15H2,1H3. The Morgan fingerprint density at radius 1 is 1.48 bits per heavy atom. The van der Waals surface area contributed by atoms with E-state index in [1.54, 1.807) is 25.3 Å². The fourth-order valence-electron chi connectivity index (χ4n) is 1.96. The van der Waals surface area contributed by atoms with Crippen LogP contribution in [0.15, 0.2) is 28.8 Å². The topological polar surface area (TPSA) is 104 Å². The molecule has 0 aliphatic heterocycles. The molecule has 0 radical (unpaired) electrons. The highest BCUT2D eigenvalue weighted by Gasteiger charge is 2.21. The smallest absolute Gasteiger partial charge is 0.311 e. The van der Waals surface area contributed by atoms with Crippen molar-refractivity contribution in [2.75, 3.05) is 13.2 Å². The van der Waals surface area contributed by atoms with Gasteiger partial charge in [-0.3, -0.25) is 10.1 Å². The Morgan fingerprint density at radius 3 is 2.95 bits per heavy atom. The summed E-state index contributed by atoms with van der Waals surface area (Å²) in [5.41, 5.74) is 5.88. The minimum Gasteiger partial charge on any atom is -0.487 e. The van der Waals surface area contributed by atoms with Gasteiger partial charge in [-0.25, -0.2) is 4.98 Å². The third kappa shape index (κ3) is 3.38. The maximum atomic E-state index is 11.1. The molecule has 7 heteroatoms. The number of nitrogens with zero attached hydrogens (tertiary/aromatic N) is 2. The summed E-state index contributed by atoms with van der Waals surface area (Å²) in [6.07, 6.45) is 2.95. The Hall–Kier alpha value is -2.41. The van der Waals surface area contributed by atoms with Crippen molar-refractivity contribution in [1.29, 1.82) is 0 Å². The molecule has 0 aliphatic rings. The van der Waals surface area contributed by atoms with Crippen LogP contribution in [0.5, 0.6) is 5.75 Å². The number of rotatable bonds is 7. The van der Waals surface area contributed by atoms with Crippen LogP contribution in [0.1, 0.15) is 19.2 Å². The fourth-order valence-corrected chi connectivity index (χ4v) is 1.96. The van der Waals surface area contributed by atoms with E-state index in [2.05, 4.69) is 4.98 Å². The predicted molar refractivity (Wildman–Crippen MR) is 77.1 cm³/mol. The van der Waals surface area contributed by atoms with E-state index in [0.717, 1.165) is 6.42 Å². The van der Waals surface area contributed by atoms with Crippen LogP contribution in [0.3, 0.4) is 0 Å². The summed E-state index contributed by atoms with van der Waals surface area (Å²) in [5.74, 6) is 1.21. The number of ether oxygens (including phenoxy) is 1. The van der Waals surface area contributed by atoms with Crippen LogP contribution in [0.25, 0.3) is 11.3 Å². The number of aryl methyl sites for hydroxylation is 1. The Balaban J connectivity index is 2.40. The van der Waals surface area contributed by atoms with Crippen molar-refractivity contribution < 1.29 is 14.1 Å². The largest absolute Gasteiger partial charge is 0.487 e. The SMILES string of the molecule is CCOc1c(-c2cnc(CCCN)o2)cccc1[N+](=O)[O-]. The number of hydrogen-bond acceptors (Lipinski definition) is 6. The number of hydrogen-bond donors (Lipinski definition) is 1. The van der Waals surface area contributed by atoms with Gasteiger partial charge in [-0.2, -0.15) is 0 Å². The Morgan fingerprint density at radius 2 is 2.29 bits per heavy atom. The summed E-state index contributed by atoms with van der Waals surface area (Å²) >= 11 is 0. The fraction of sp³-hybridized carbons (Fsp3) is 0.357. The molecule has 0 amide bonds. The number of benzene rings is 1. The molecule has 0 saturated heterocycles. The van der Waals surface area contributed by atoms with E-state index in [9.17, 15) is 10.1 Å². The van der Waals surface area contributed by atoms with Gasteiger partial charge in [0.25, 0.3) is 0 Å². The third-order valence-corrected chi connectivity index (χ3v) is 2.89. The lowest BCUT2D eigenvalue weighted by atomic mass is 10.1. The van der Waals surface area contributed by atoms with E-state index >= 15 is 0 Å². The highest BCUT2D eigenvalue weighted by Crippen LogP contribution is 2.38. The first-order valence-corrected chi connectivity index (χ1v) is 6.72. The minimum atomic E-state index is -0.472. The zero-order valence-electron chi connectivity index (χ0n) is 11.7. The van der Waals surface area contributed by atoms with Gasteiger partial charge in [0.1, 0.15) is 0 Å². The summed E-state index contributed by atoms with van der Waals surface area (Å²) in [7, 11) is 0. The van der Waals surface area contributed by atoms with Gasteiger partial charge in [-0.1, -0.05) is 6.07 Å². The lowest BCUT2D eigenvalue weighted by molar-refractivity contribution is -0.385. The summed E-state index contributed by atoms with van der Waals surface area (Å²) in [5, 5.41) is 11.1. The van der Waals surface area contributed by atoms with Crippen LogP contribution >= 0.6 is 0 Å². The quantitative estimate of drug-likeness (QED) is 0.621. The molecule has 7 nitrogen and oxygen atoms in total.